The Morgan fingerprint density at radius 2 is 1.09 bits per heavy atom. The summed E-state index contributed by atoms with van der Waals surface area (Å²) in [6.07, 6.45) is 10.6. The molecular formula is C62H46N6. The van der Waals surface area contributed by atoms with Gasteiger partial charge in [0.05, 0.1) is 16.6 Å². The number of benzene rings is 8. The van der Waals surface area contributed by atoms with Gasteiger partial charge in [0.1, 0.15) is 5.66 Å². The number of nitrogens with zero attached hydrogens (tertiary/aromatic N) is 6. The SMILES string of the molecule is CC1CC=Cc2c1n(-c1ccc3ccccc3c1)c1cc3c(cc21)c1ccccc1n3C1(C)CC=C(c2nc(-c3ccc(-c4ccccc4)cc3)nc(-c3ccc(-c4ccccc4)cc3)n2)C=N1. The van der Waals surface area contributed by atoms with E-state index in [1.165, 1.54) is 60.5 Å². The van der Waals surface area contributed by atoms with Crippen LogP contribution >= 0.6 is 0 Å². The summed E-state index contributed by atoms with van der Waals surface area (Å²) < 4.78 is 4.99. The highest BCUT2D eigenvalue weighted by Crippen LogP contribution is 2.45. The van der Waals surface area contributed by atoms with Gasteiger partial charge in [0.2, 0.25) is 0 Å². The van der Waals surface area contributed by atoms with Gasteiger partial charge in [-0.3, -0.25) is 4.99 Å². The summed E-state index contributed by atoms with van der Waals surface area (Å²) in [6.45, 7) is 4.61. The summed E-state index contributed by atoms with van der Waals surface area (Å²) in [5.41, 5.74) is 14.1. The van der Waals surface area contributed by atoms with Crippen LogP contribution in [-0.2, 0) is 5.66 Å². The highest BCUT2D eigenvalue weighted by molar-refractivity contribution is 6.15. The lowest BCUT2D eigenvalue weighted by Gasteiger charge is -2.31. The second kappa shape index (κ2) is 15.9. The van der Waals surface area contributed by atoms with Crippen LogP contribution < -0.4 is 0 Å². The van der Waals surface area contributed by atoms with Crippen LogP contribution in [0.15, 0.2) is 205 Å². The molecular weight excluding hydrogens is 829 g/mol. The van der Waals surface area contributed by atoms with Crippen molar-refractivity contribution in [2.45, 2.75) is 38.3 Å². The molecule has 324 valence electrons. The molecule has 0 saturated carbocycles. The van der Waals surface area contributed by atoms with Gasteiger partial charge in [0.25, 0.3) is 0 Å². The second-order valence-corrected chi connectivity index (χ2v) is 18.5. The number of hydrogen-bond acceptors (Lipinski definition) is 4. The number of allylic oxidation sites excluding steroid dienone is 2. The van der Waals surface area contributed by atoms with Gasteiger partial charge in [-0.25, -0.2) is 15.0 Å². The average Bonchev–Trinajstić information content (AvgIpc) is 3.91. The maximum absolute atomic E-state index is 5.48. The molecule has 0 bridgehead atoms. The Morgan fingerprint density at radius 1 is 0.500 bits per heavy atom. The van der Waals surface area contributed by atoms with Crippen molar-refractivity contribution in [3.05, 3.63) is 217 Å². The molecule has 8 aromatic carbocycles. The lowest BCUT2D eigenvalue weighted by atomic mass is 9.93. The summed E-state index contributed by atoms with van der Waals surface area (Å²) in [7, 11) is 0. The van der Waals surface area contributed by atoms with Crippen LogP contribution in [0.1, 0.15) is 49.7 Å². The number of fused-ring (bicyclic) bond motifs is 7. The molecule has 3 aromatic heterocycles. The standard InChI is InChI=1S/C62H46N6/c1-40-14-13-22-52-54-37-53-51-21-11-12-23-55(51)68(57(53)38-56(54)67(58(40)52)50-33-32-43-19-9-10-20-48(43)36-50)62(2)35-34-49(39-63-62)61-65-59(46-28-24-44(25-29-46)41-15-5-3-6-16-41)64-60(66-61)47-30-26-45(27-31-47)42-17-7-4-8-18-42/h3-13,15-34,36-40H,14,35H2,1-2H3. The Kier molecular flexibility index (Phi) is 9.29. The van der Waals surface area contributed by atoms with Crippen LogP contribution in [0.5, 0.6) is 0 Å². The Hall–Kier alpha value is -8.48. The molecule has 0 N–H and O–H groups in total. The first kappa shape index (κ1) is 39.8. The van der Waals surface area contributed by atoms with Gasteiger partial charge in [0.15, 0.2) is 17.5 Å². The fourth-order valence-electron chi connectivity index (χ4n) is 10.6. The van der Waals surface area contributed by atoms with E-state index in [4.69, 9.17) is 19.9 Å². The fraction of sp³-hybridized carbons (Fsp3) is 0.0968. The van der Waals surface area contributed by atoms with Gasteiger partial charge in [-0.15, -0.1) is 0 Å². The summed E-state index contributed by atoms with van der Waals surface area (Å²) >= 11 is 0. The number of dihydropyridines is 1. The molecule has 2 unspecified atom stereocenters. The van der Waals surface area contributed by atoms with Gasteiger partial charge in [-0.05, 0) is 76.7 Å². The van der Waals surface area contributed by atoms with Gasteiger partial charge in [0, 0.05) is 68.4 Å². The third-order valence-electron chi connectivity index (χ3n) is 14.1. The lowest BCUT2D eigenvalue weighted by Crippen LogP contribution is -2.29. The minimum Gasteiger partial charge on any atom is -0.315 e. The molecule has 0 fully saturated rings. The van der Waals surface area contributed by atoms with Crippen LogP contribution in [0.25, 0.3) is 106 Å². The maximum atomic E-state index is 5.48. The van der Waals surface area contributed by atoms with Crippen molar-refractivity contribution >= 4 is 61.3 Å². The van der Waals surface area contributed by atoms with Crippen molar-refractivity contribution in [3.63, 3.8) is 0 Å². The molecule has 13 rings (SSSR count). The normalized spacial score (nSPS) is 16.7. The first-order valence-corrected chi connectivity index (χ1v) is 23.6. The van der Waals surface area contributed by atoms with Gasteiger partial charge in [-0.2, -0.15) is 0 Å². The molecule has 1 aliphatic carbocycles. The molecule has 11 aromatic rings. The smallest absolute Gasteiger partial charge is 0.165 e. The summed E-state index contributed by atoms with van der Waals surface area (Å²) in [4.78, 5) is 20.9. The zero-order valence-electron chi connectivity index (χ0n) is 37.9. The highest BCUT2D eigenvalue weighted by Gasteiger charge is 2.32. The van der Waals surface area contributed by atoms with Crippen molar-refractivity contribution in [2.24, 2.45) is 4.99 Å². The second-order valence-electron chi connectivity index (χ2n) is 18.5. The van der Waals surface area contributed by atoms with Crippen LogP contribution in [0, 0.1) is 0 Å². The summed E-state index contributed by atoms with van der Waals surface area (Å²) in [6, 6.07) is 67.0. The van der Waals surface area contributed by atoms with E-state index in [9.17, 15) is 0 Å². The van der Waals surface area contributed by atoms with E-state index in [0.717, 1.165) is 45.3 Å². The third kappa shape index (κ3) is 6.63. The lowest BCUT2D eigenvalue weighted by molar-refractivity contribution is 0.361. The monoisotopic (exact) mass is 874 g/mol. The Bertz CT molecular complexity index is 3760. The Labute approximate surface area is 395 Å². The highest BCUT2D eigenvalue weighted by atomic mass is 15.2. The van der Waals surface area contributed by atoms with Crippen molar-refractivity contribution < 1.29 is 0 Å². The maximum Gasteiger partial charge on any atom is 0.165 e. The molecule has 6 nitrogen and oxygen atoms in total. The minimum absolute atomic E-state index is 0.370. The topological polar surface area (TPSA) is 60.9 Å². The number of aliphatic imine (C=N–C) groups is 1. The molecule has 0 amide bonds. The van der Waals surface area contributed by atoms with Crippen LogP contribution in [0.4, 0.5) is 0 Å². The van der Waals surface area contributed by atoms with E-state index in [1.807, 2.05) is 18.3 Å². The van der Waals surface area contributed by atoms with Crippen molar-refractivity contribution in [3.8, 4) is 50.7 Å². The zero-order valence-corrected chi connectivity index (χ0v) is 37.9. The molecule has 0 saturated heterocycles. The van der Waals surface area contributed by atoms with Crippen LogP contribution in [0.2, 0.25) is 0 Å². The number of aromatic nitrogens is 5. The van der Waals surface area contributed by atoms with E-state index in [2.05, 4.69) is 217 Å². The van der Waals surface area contributed by atoms with Crippen molar-refractivity contribution in [1.82, 2.24) is 24.1 Å². The molecule has 4 heterocycles. The zero-order chi connectivity index (χ0) is 45.3. The molecule has 0 spiro atoms. The largest absolute Gasteiger partial charge is 0.315 e. The Balaban J connectivity index is 0.927. The van der Waals surface area contributed by atoms with Crippen LogP contribution in [0.3, 0.4) is 0 Å². The molecule has 1 aliphatic heterocycles. The third-order valence-corrected chi connectivity index (χ3v) is 14.1. The summed E-state index contributed by atoms with van der Waals surface area (Å²) in [5, 5.41) is 6.20. The van der Waals surface area contributed by atoms with E-state index in [0.29, 0.717) is 29.8 Å². The molecule has 0 radical (unpaired) electrons. The summed E-state index contributed by atoms with van der Waals surface area (Å²) in [5.74, 6) is 2.20. The van der Waals surface area contributed by atoms with E-state index in [-0.39, 0.29) is 0 Å². The molecule has 2 aliphatic rings. The molecule has 68 heavy (non-hydrogen) atoms. The Morgan fingerprint density at radius 3 is 1.75 bits per heavy atom. The predicted molar refractivity (Wildman–Crippen MR) is 282 cm³/mol. The number of rotatable bonds is 7. The fourth-order valence-corrected chi connectivity index (χ4v) is 10.6. The first-order chi connectivity index (χ1) is 33.5. The van der Waals surface area contributed by atoms with Gasteiger partial charge < -0.3 is 9.13 Å². The number of para-hydroxylation sites is 1. The molecule has 6 heteroatoms. The van der Waals surface area contributed by atoms with Gasteiger partial charge >= 0.3 is 0 Å². The van der Waals surface area contributed by atoms with Crippen LogP contribution in [-0.4, -0.2) is 30.3 Å². The predicted octanol–water partition coefficient (Wildman–Crippen LogP) is 15.5. The van der Waals surface area contributed by atoms with E-state index < -0.39 is 5.66 Å². The average molecular weight is 875 g/mol. The first-order valence-electron chi connectivity index (χ1n) is 23.6. The van der Waals surface area contributed by atoms with E-state index >= 15 is 0 Å². The number of hydrogen-bond donors (Lipinski definition) is 0. The van der Waals surface area contributed by atoms with Gasteiger partial charge in [-0.1, -0.05) is 183 Å². The van der Waals surface area contributed by atoms with Crippen molar-refractivity contribution in [2.75, 3.05) is 0 Å². The quantitative estimate of drug-likeness (QED) is 0.160. The van der Waals surface area contributed by atoms with E-state index in [1.54, 1.807) is 0 Å². The molecule has 2 atom stereocenters. The minimum atomic E-state index is -0.634. The van der Waals surface area contributed by atoms with Crippen molar-refractivity contribution in [1.29, 1.82) is 0 Å².